The highest BCUT2D eigenvalue weighted by atomic mass is 19.4. The van der Waals surface area contributed by atoms with Crippen LogP contribution >= 0.6 is 0 Å². The third kappa shape index (κ3) is 3.95. The van der Waals surface area contributed by atoms with Crippen molar-refractivity contribution in [2.24, 2.45) is 0 Å². The Hall–Kier alpha value is -2.10. The van der Waals surface area contributed by atoms with E-state index >= 15 is 0 Å². The van der Waals surface area contributed by atoms with Crippen LogP contribution in [0.25, 0.3) is 0 Å². The van der Waals surface area contributed by atoms with Gasteiger partial charge in [-0.3, -0.25) is 14.2 Å². The number of carbonyl (C=O) groups excluding carboxylic acids is 1. The number of halogens is 3. The number of nitrogens with zero attached hydrogens (tertiary/aromatic N) is 4. The molecule has 0 saturated carbocycles. The molecule has 2 aliphatic rings. The van der Waals surface area contributed by atoms with Crippen molar-refractivity contribution in [1.82, 2.24) is 9.55 Å². The van der Waals surface area contributed by atoms with E-state index in [1.165, 1.54) is 4.90 Å². The molecule has 10 heteroatoms. The lowest BCUT2D eigenvalue weighted by atomic mass is 10.1. The summed E-state index contributed by atoms with van der Waals surface area (Å²) in [5.74, 6) is 0.108. The molecule has 150 valence electrons. The number of rotatable bonds is 4. The van der Waals surface area contributed by atoms with Crippen LogP contribution in [-0.4, -0.2) is 60.4 Å². The van der Waals surface area contributed by atoms with Crippen molar-refractivity contribution < 1.29 is 22.7 Å². The van der Waals surface area contributed by atoms with Crippen LogP contribution in [0.3, 0.4) is 0 Å². The van der Waals surface area contributed by atoms with E-state index in [2.05, 4.69) is 4.98 Å². The van der Waals surface area contributed by atoms with Gasteiger partial charge >= 0.3 is 6.18 Å². The van der Waals surface area contributed by atoms with Crippen LogP contribution in [-0.2, 0) is 9.53 Å². The number of ketones is 1. The van der Waals surface area contributed by atoms with Gasteiger partial charge in [-0.1, -0.05) is 6.92 Å². The van der Waals surface area contributed by atoms with Gasteiger partial charge in [0.15, 0.2) is 5.78 Å². The number of Topliss-reactive ketones (excluding diaryl/α,β-unsaturated/α-hetero) is 1. The second-order valence-electron chi connectivity index (χ2n) is 6.90. The average molecular weight is 388 g/mol. The first-order valence-electron chi connectivity index (χ1n) is 9.03. The number of hydrogen-bond donors (Lipinski definition) is 0. The summed E-state index contributed by atoms with van der Waals surface area (Å²) in [4.78, 5) is 32.2. The average Bonchev–Trinajstić information content (AvgIpc) is 2.61. The number of alkyl halides is 3. The number of anilines is 2. The summed E-state index contributed by atoms with van der Waals surface area (Å²) in [5.41, 5.74) is -0.760. The minimum Gasteiger partial charge on any atom is -0.377 e. The van der Waals surface area contributed by atoms with Gasteiger partial charge in [-0.2, -0.15) is 18.2 Å². The number of carbonyl (C=O) groups is 1. The van der Waals surface area contributed by atoms with Gasteiger partial charge in [0.2, 0.25) is 5.95 Å². The molecule has 0 radical (unpaired) electrons. The van der Waals surface area contributed by atoms with Gasteiger partial charge < -0.3 is 14.5 Å². The van der Waals surface area contributed by atoms with Gasteiger partial charge in [0.1, 0.15) is 11.9 Å². The number of hydrogen-bond acceptors (Lipinski definition) is 6. The van der Waals surface area contributed by atoms with Crippen LogP contribution < -0.4 is 15.4 Å². The standard InChI is InChI=1S/C17H23F3N4O3/c1-3-12(25)9-22-5-4-13(17(18,19)20)24-15(26)8-14(21-16(22)24)23-6-7-27-10-11(23)2/h8,11,13H,3-7,9-10H2,1-2H3/t11-,13?/m1/s1. The Bertz CT molecular complexity index is 765. The summed E-state index contributed by atoms with van der Waals surface area (Å²) in [6.07, 6.45) is -4.58. The highest BCUT2D eigenvalue weighted by Gasteiger charge is 2.45. The quantitative estimate of drug-likeness (QED) is 0.783. The summed E-state index contributed by atoms with van der Waals surface area (Å²) in [5, 5.41) is 0. The second kappa shape index (κ2) is 7.49. The van der Waals surface area contributed by atoms with E-state index in [4.69, 9.17) is 4.74 Å². The molecule has 27 heavy (non-hydrogen) atoms. The maximum Gasteiger partial charge on any atom is 0.409 e. The topological polar surface area (TPSA) is 67.7 Å². The monoisotopic (exact) mass is 388 g/mol. The Balaban J connectivity index is 2.07. The first kappa shape index (κ1) is 19.7. The fourth-order valence-corrected chi connectivity index (χ4v) is 3.49. The van der Waals surface area contributed by atoms with Gasteiger partial charge in [0, 0.05) is 25.6 Å². The maximum absolute atomic E-state index is 13.5. The number of aromatic nitrogens is 2. The van der Waals surface area contributed by atoms with Gasteiger partial charge in [0.05, 0.1) is 25.8 Å². The molecule has 2 aliphatic heterocycles. The summed E-state index contributed by atoms with van der Waals surface area (Å²) in [6, 6.07) is -0.840. The molecule has 0 aromatic carbocycles. The lowest BCUT2D eigenvalue weighted by Crippen LogP contribution is -2.49. The normalized spacial score (nSPS) is 23.3. The molecule has 0 N–H and O–H groups in total. The first-order chi connectivity index (χ1) is 12.7. The summed E-state index contributed by atoms with van der Waals surface area (Å²) >= 11 is 0. The Morgan fingerprint density at radius 2 is 2.11 bits per heavy atom. The van der Waals surface area contributed by atoms with E-state index in [0.29, 0.717) is 30.1 Å². The van der Waals surface area contributed by atoms with Crippen molar-refractivity contribution in [1.29, 1.82) is 0 Å². The second-order valence-corrected chi connectivity index (χ2v) is 6.90. The summed E-state index contributed by atoms with van der Waals surface area (Å²) in [6.45, 7) is 4.94. The van der Waals surface area contributed by atoms with Crippen molar-refractivity contribution in [3.8, 4) is 0 Å². The molecule has 1 aromatic heterocycles. The molecule has 3 heterocycles. The minimum absolute atomic E-state index is 0.0183. The van der Waals surface area contributed by atoms with Crippen LogP contribution in [0.15, 0.2) is 10.9 Å². The zero-order valence-corrected chi connectivity index (χ0v) is 15.3. The molecule has 3 rings (SSSR count). The Morgan fingerprint density at radius 3 is 2.74 bits per heavy atom. The predicted octanol–water partition coefficient (Wildman–Crippen LogP) is 1.76. The molecule has 0 bridgehead atoms. The molecule has 2 atom stereocenters. The van der Waals surface area contributed by atoms with Crippen molar-refractivity contribution in [2.45, 2.75) is 44.9 Å². The molecule has 0 aliphatic carbocycles. The predicted molar refractivity (Wildman–Crippen MR) is 93.3 cm³/mol. The molecule has 0 spiro atoms. The van der Waals surface area contributed by atoms with Gasteiger partial charge in [-0.25, -0.2) is 0 Å². The molecule has 0 amide bonds. The molecule has 1 saturated heterocycles. The van der Waals surface area contributed by atoms with E-state index in [0.717, 1.165) is 6.07 Å². The fourth-order valence-electron chi connectivity index (χ4n) is 3.49. The summed E-state index contributed by atoms with van der Waals surface area (Å²) in [7, 11) is 0. The third-order valence-corrected chi connectivity index (χ3v) is 4.99. The highest BCUT2D eigenvalue weighted by molar-refractivity contribution is 5.82. The fraction of sp³-hybridized carbons (Fsp3) is 0.706. The number of morpholine rings is 1. The molecule has 1 unspecified atom stereocenters. The lowest BCUT2D eigenvalue weighted by molar-refractivity contribution is -0.170. The van der Waals surface area contributed by atoms with Crippen LogP contribution in [0, 0.1) is 0 Å². The van der Waals surface area contributed by atoms with E-state index < -0.39 is 17.8 Å². The largest absolute Gasteiger partial charge is 0.409 e. The Morgan fingerprint density at radius 1 is 1.37 bits per heavy atom. The molecule has 7 nitrogen and oxygen atoms in total. The number of fused-ring (bicyclic) bond motifs is 1. The summed E-state index contributed by atoms with van der Waals surface area (Å²) < 4.78 is 46.5. The molecular weight excluding hydrogens is 365 g/mol. The first-order valence-corrected chi connectivity index (χ1v) is 9.03. The Kier molecular flexibility index (Phi) is 5.45. The van der Waals surface area contributed by atoms with Gasteiger partial charge in [-0.15, -0.1) is 0 Å². The van der Waals surface area contributed by atoms with Gasteiger partial charge in [0.25, 0.3) is 5.56 Å². The third-order valence-electron chi connectivity index (χ3n) is 4.99. The van der Waals surface area contributed by atoms with Crippen molar-refractivity contribution >= 4 is 17.5 Å². The van der Waals surface area contributed by atoms with Crippen LogP contribution in [0.1, 0.15) is 32.7 Å². The SMILES string of the molecule is CCC(=O)CN1CCC(C(F)(F)F)n2c1nc(N1CCOC[C@H]1C)cc2=O. The molecule has 1 fully saturated rings. The van der Waals surface area contributed by atoms with Crippen LogP contribution in [0.5, 0.6) is 0 Å². The molecule has 1 aromatic rings. The van der Waals surface area contributed by atoms with E-state index in [1.54, 1.807) is 6.92 Å². The zero-order valence-electron chi connectivity index (χ0n) is 15.3. The van der Waals surface area contributed by atoms with Crippen molar-refractivity contribution in [3.05, 3.63) is 16.4 Å². The van der Waals surface area contributed by atoms with Crippen LogP contribution in [0.4, 0.5) is 24.9 Å². The van der Waals surface area contributed by atoms with E-state index in [9.17, 15) is 22.8 Å². The van der Waals surface area contributed by atoms with Crippen LogP contribution in [0.2, 0.25) is 0 Å². The molecular formula is C17H23F3N4O3. The van der Waals surface area contributed by atoms with E-state index in [-0.39, 0.29) is 43.7 Å². The smallest absolute Gasteiger partial charge is 0.377 e. The highest BCUT2D eigenvalue weighted by Crippen LogP contribution is 2.38. The Labute approximate surface area is 154 Å². The number of ether oxygens (including phenoxy) is 1. The van der Waals surface area contributed by atoms with Crippen molar-refractivity contribution in [2.75, 3.05) is 42.6 Å². The lowest BCUT2D eigenvalue weighted by Gasteiger charge is -2.38. The minimum atomic E-state index is -4.56. The van der Waals surface area contributed by atoms with Gasteiger partial charge in [-0.05, 0) is 13.3 Å². The zero-order chi connectivity index (χ0) is 19.8. The maximum atomic E-state index is 13.5. The van der Waals surface area contributed by atoms with Crippen molar-refractivity contribution in [3.63, 3.8) is 0 Å². The van der Waals surface area contributed by atoms with E-state index in [1.807, 2.05) is 11.8 Å².